The normalized spacial score (nSPS) is 16.1. The van der Waals surface area contributed by atoms with Gasteiger partial charge >= 0.3 is 5.97 Å². The number of hydrogen-bond acceptors (Lipinski definition) is 2. The lowest BCUT2D eigenvalue weighted by Gasteiger charge is -2.43. The summed E-state index contributed by atoms with van der Waals surface area (Å²) in [5.74, 6) is -0.282. The summed E-state index contributed by atoms with van der Waals surface area (Å²) in [4.78, 5) is 22.9. The van der Waals surface area contributed by atoms with Crippen molar-refractivity contribution in [3.63, 3.8) is 0 Å². The number of rotatable bonds is 7. The molecule has 0 heterocycles. The number of benzene rings is 1. The number of nitrogens with one attached hydrogen (secondary N) is 1. The van der Waals surface area contributed by atoms with Gasteiger partial charge in [0, 0.05) is 6.54 Å². The van der Waals surface area contributed by atoms with Gasteiger partial charge in [0.25, 0.3) is 0 Å². The first-order valence-corrected chi connectivity index (χ1v) is 7.99. The van der Waals surface area contributed by atoms with Crippen LogP contribution in [-0.4, -0.2) is 23.5 Å². The molecule has 1 saturated carbocycles. The summed E-state index contributed by atoms with van der Waals surface area (Å²) in [5, 5.41) is 11.9. The van der Waals surface area contributed by atoms with E-state index in [4.69, 9.17) is 5.11 Å². The summed E-state index contributed by atoms with van der Waals surface area (Å²) in [6.07, 6.45) is 5.15. The molecule has 0 unspecified atom stereocenters. The second-order valence-electron chi connectivity index (χ2n) is 6.91. The molecule has 1 aromatic rings. The molecule has 0 radical (unpaired) electrons. The van der Waals surface area contributed by atoms with Gasteiger partial charge in [-0.15, -0.1) is 0 Å². The number of carboxylic acid groups (broad SMARTS) is 1. The average molecular weight is 303 g/mol. The molecule has 1 aliphatic rings. The van der Waals surface area contributed by atoms with Crippen molar-refractivity contribution in [1.29, 1.82) is 0 Å². The van der Waals surface area contributed by atoms with Crippen molar-refractivity contribution in [1.82, 2.24) is 5.32 Å². The molecule has 0 saturated heterocycles. The Bertz CT molecular complexity index is 530. The highest BCUT2D eigenvalue weighted by Gasteiger charge is 2.37. The summed E-state index contributed by atoms with van der Waals surface area (Å²) >= 11 is 0. The summed E-state index contributed by atoms with van der Waals surface area (Å²) in [7, 11) is 0. The van der Waals surface area contributed by atoms with Crippen LogP contribution in [0.25, 0.3) is 0 Å². The number of aromatic carboxylic acids is 1. The van der Waals surface area contributed by atoms with Gasteiger partial charge in [0.1, 0.15) is 0 Å². The Balaban J connectivity index is 1.83. The molecule has 120 valence electrons. The highest BCUT2D eigenvalue weighted by atomic mass is 16.4. The van der Waals surface area contributed by atoms with Gasteiger partial charge in [-0.25, -0.2) is 4.79 Å². The lowest BCUT2D eigenvalue weighted by Crippen LogP contribution is -2.43. The molecule has 22 heavy (non-hydrogen) atoms. The van der Waals surface area contributed by atoms with Gasteiger partial charge in [0.2, 0.25) is 5.91 Å². The molecule has 2 rings (SSSR count). The van der Waals surface area contributed by atoms with Gasteiger partial charge in [-0.3, -0.25) is 4.79 Å². The molecule has 2 N–H and O–H groups in total. The van der Waals surface area contributed by atoms with Crippen LogP contribution >= 0.6 is 0 Å². The van der Waals surface area contributed by atoms with Crippen molar-refractivity contribution in [2.45, 2.75) is 46.0 Å². The molecule has 0 spiro atoms. The van der Waals surface area contributed by atoms with Crippen LogP contribution in [0.5, 0.6) is 0 Å². The molecule has 0 aromatic heterocycles. The molecular weight excluding hydrogens is 278 g/mol. The van der Waals surface area contributed by atoms with E-state index in [9.17, 15) is 9.59 Å². The largest absolute Gasteiger partial charge is 0.478 e. The van der Waals surface area contributed by atoms with Gasteiger partial charge < -0.3 is 10.4 Å². The third kappa shape index (κ3) is 4.33. The fraction of sp³-hybridized carbons (Fsp3) is 0.556. The van der Waals surface area contributed by atoms with Gasteiger partial charge in [-0.2, -0.15) is 0 Å². The van der Waals surface area contributed by atoms with Crippen LogP contribution in [0.4, 0.5) is 0 Å². The minimum absolute atomic E-state index is 0.0121. The smallest absolute Gasteiger partial charge is 0.335 e. The Morgan fingerprint density at radius 2 is 1.86 bits per heavy atom. The summed E-state index contributed by atoms with van der Waals surface area (Å²) in [5.41, 5.74) is 1.39. The Morgan fingerprint density at radius 1 is 1.23 bits per heavy atom. The van der Waals surface area contributed by atoms with Gasteiger partial charge in [0.05, 0.1) is 12.0 Å². The number of hydrogen-bond donors (Lipinski definition) is 2. The predicted octanol–water partition coefficient (Wildman–Crippen LogP) is 3.26. The maximum Gasteiger partial charge on any atom is 0.335 e. The van der Waals surface area contributed by atoms with E-state index in [1.807, 2.05) is 0 Å². The number of carbonyl (C=O) groups is 2. The first kappa shape index (κ1) is 16.5. The molecular formula is C18H25NO3. The molecule has 1 amide bonds. The van der Waals surface area contributed by atoms with Crippen LogP contribution in [0, 0.1) is 11.3 Å². The Morgan fingerprint density at radius 3 is 2.32 bits per heavy atom. The molecule has 1 aliphatic carbocycles. The standard InChI is InChI=1S/C18H25NO3/c1-13(2)11-18(8-3-9-18)12-19-16(20)10-14-4-6-15(7-5-14)17(21)22/h4-7,13H,3,8-12H2,1-2H3,(H,19,20)(H,21,22). The Hall–Kier alpha value is -1.84. The zero-order valence-electron chi connectivity index (χ0n) is 13.4. The van der Waals surface area contributed by atoms with E-state index in [-0.39, 0.29) is 11.5 Å². The lowest BCUT2D eigenvalue weighted by atomic mass is 9.64. The van der Waals surface area contributed by atoms with E-state index in [0.717, 1.165) is 12.1 Å². The van der Waals surface area contributed by atoms with Crippen molar-refractivity contribution in [2.75, 3.05) is 6.54 Å². The van der Waals surface area contributed by atoms with Crippen LogP contribution in [0.1, 0.15) is 55.5 Å². The highest BCUT2D eigenvalue weighted by molar-refractivity contribution is 5.87. The first-order chi connectivity index (χ1) is 10.4. The first-order valence-electron chi connectivity index (χ1n) is 7.99. The third-order valence-corrected chi connectivity index (χ3v) is 4.48. The molecule has 4 heteroatoms. The molecule has 0 atom stereocenters. The topological polar surface area (TPSA) is 66.4 Å². The minimum Gasteiger partial charge on any atom is -0.478 e. The second kappa shape index (κ2) is 6.95. The van der Waals surface area contributed by atoms with Crippen molar-refractivity contribution in [2.24, 2.45) is 11.3 Å². The van der Waals surface area contributed by atoms with E-state index >= 15 is 0 Å². The third-order valence-electron chi connectivity index (χ3n) is 4.48. The molecule has 0 bridgehead atoms. The van der Waals surface area contributed by atoms with Crippen molar-refractivity contribution >= 4 is 11.9 Å². The second-order valence-corrected chi connectivity index (χ2v) is 6.91. The van der Waals surface area contributed by atoms with Gasteiger partial charge in [-0.05, 0) is 48.3 Å². The zero-order valence-corrected chi connectivity index (χ0v) is 13.4. The number of carbonyl (C=O) groups excluding carboxylic acids is 1. The SMILES string of the molecule is CC(C)CC1(CNC(=O)Cc2ccc(C(=O)O)cc2)CCC1. The molecule has 1 aromatic carbocycles. The van der Waals surface area contributed by atoms with E-state index in [2.05, 4.69) is 19.2 Å². The van der Waals surface area contributed by atoms with Crippen molar-refractivity contribution < 1.29 is 14.7 Å². The number of carboxylic acids is 1. The fourth-order valence-electron chi connectivity index (χ4n) is 3.30. The Kier molecular flexibility index (Phi) is 5.22. The quantitative estimate of drug-likeness (QED) is 0.812. The maximum atomic E-state index is 12.1. The van der Waals surface area contributed by atoms with Gasteiger partial charge in [0.15, 0.2) is 0 Å². The average Bonchev–Trinajstić information content (AvgIpc) is 2.42. The Labute approximate surface area is 131 Å². The van der Waals surface area contributed by atoms with E-state index < -0.39 is 5.97 Å². The molecule has 4 nitrogen and oxygen atoms in total. The summed E-state index contributed by atoms with van der Waals surface area (Å²) < 4.78 is 0. The zero-order chi connectivity index (χ0) is 16.2. The maximum absolute atomic E-state index is 12.1. The fourth-order valence-corrected chi connectivity index (χ4v) is 3.30. The van der Waals surface area contributed by atoms with Crippen LogP contribution in [-0.2, 0) is 11.2 Å². The van der Waals surface area contributed by atoms with Crippen LogP contribution in [0.15, 0.2) is 24.3 Å². The lowest BCUT2D eigenvalue weighted by molar-refractivity contribution is -0.121. The van der Waals surface area contributed by atoms with Crippen LogP contribution in [0.2, 0.25) is 0 Å². The van der Waals surface area contributed by atoms with Crippen molar-refractivity contribution in [3.8, 4) is 0 Å². The van der Waals surface area contributed by atoms with Gasteiger partial charge in [-0.1, -0.05) is 32.4 Å². The summed E-state index contributed by atoms with van der Waals surface area (Å²) in [6, 6.07) is 6.49. The van der Waals surface area contributed by atoms with Crippen LogP contribution < -0.4 is 5.32 Å². The highest BCUT2D eigenvalue weighted by Crippen LogP contribution is 2.45. The van der Waals surface area contributed by atoms with E-state index in [0.29, 0.717) is 17.8 Å². The summed E-state index contributed by atoms with van der Waals surface area (Å²) in [6.45, 7) is 5.22. The monoisotopic (exact) mass is 303 g/mol. The van der Waals surface area contributed by atoms with Crippen molar-refractivity contribution in [3.05, 3.63) is 35.4 Å². The molecule has 0 aliphatic heterocycles. The van der Waals surface area contributed by atoms with E-state index in [1.165, 1.54) is 37.8 Å². The minimum atomic E-state index is -0.948. The van der Waals surface area contributed by atoms with Crippen LogP contribution in [0.3, 0.4) is 0 Å². The number of amides is 1. The predicted molar refractivity (Wildman–Crippen MR) is 85.9 cm³/mol. The molecule has 1 fully saturated rings. The van der Waals surface area contributed by atoms with E-state index in [1.54, 1.807) is 12.1 Å².